The lowest BCUT2D eigenvalue weighted by Gasteiger charge is -2.16. The van der Waals surface area contributed by atoms with E-state index in [4.69, 9.17) is 0 Å². The molecular formula is C9H15N4+. The van der Waals surface area contributed by atoms with Crippen LogP contribution >= 0.6 is 0 Å². The molecule has 0 saturated carbocycles. The van der Waals surface area contributed by atoms with E-state index in [9.17, 15) is 0 Å². The van der Waals surface area contributed by atoms with Gasteiger partial charge < -0.3 is 15.5 Å². The SMILES string of the molecule is CN(C)CC1=C2NC=CNC2[NH+]=C1. The minimum Gasteiger partial charge on any atom is -0.356 e. The van der Waals surface area contributed by atoms with E-state index in [1.54, 1.807) is 0 Å². The normalized spacial score (nSPS) is 24.7. The number of hydrogen-bond acceptors (Lipinski definition) is 3. The average molecular weight is 179 g/mol. The van der Waals surface area contributed by atoms with Crippen LogP contribution in [0, 0.1) is 0 Å². The van der Waals surface area contributed by atoms with Crippen LogP contribution in [-0.2, 0) is 0 Å². The maximum Gasteiger partial charge on any atom is 0.266 e. The van der Waals surface area contributed by atoms with Gasteiger partial charge in [-0.3, -0.25) is 0 Å². The van der Waals surface area contributed by atoms with E-state index in [-0.39, 0.29) is 6.17 Å². The Hall–Kier alpha value is -1.29. The fourth-order valence-electron chi connectivity index (χ4n) is 1.59. The first-order valence-electron chi connectivity index (χ1n) is 4.42. The van der Waals surface area contributed by atoms with Crippen molar-refractivity contribution >= 4 is 6.21 Å². The molecule has 1 atom stereocenters. The fraction of sp³-hybridized carbons (Fsp3) is 0.444. The molecule has 2 aliphatic heterocycles. The van der Waals surface area contributed by atoms with Crippen LogP contribution in [-0.4, -0.2) is 37.9 Å². The predicted molar refractivity (Wildman–Crippen MR) is 51.8 cm³/mol. The molecule has 1 unspecified atom stereocenters. The van der Waals surface area contributed by atoms with Gasteiger partial charge >= 0.3 is 0 Å². The Kier molecular flexibility index (Phi) is 2.06. The highest BCUT2D eigenvalue weighted by Gasteiger charge is 2.27. The summed E-state index contributed by atoms with van der Waals surface area (Å²) in [4.78, 5) is 5.42. The zero-order chi connectivity index (χ0) is 9.26. The second-order valence-corrected chi connectivity index (χ2v) is 3.57. The minimum absolute atomic E-state index is 0.236. The van der Waals surface area contributed by atoms with Crippen LogP contribution in [0.25, 0.3) is 0 Å². The molecule has 4 nitrogen and oxygen atoms in total. The summed E-state index contributed by atoms with van der Waals surface area (Å²) in [5.41, 5.74) is 2.54. The van der Waals surface area contributed by atoms with Crippen molar-refractivity contribution in [3.63, 3.8) is 0 Å². The van der Waals surface area contributed by atoms with Gasteiger partial charge in [0.25, 0.3) is 6.17 Å². The van der Waals surface area contributed by atoms with Crippen LogP contribution in [0.5, 0.6) is 0 Å². The molecule has 2 aliphatic rings. The largest absolute Gasteiger partial charge is 0.356 e. The Balaban J connectivity index is 2.17. The molecule has 0 saturated heterocycles. The molecule has 3 N–H and O–H groups in total. The van der Waals surface area contributed by atoms with E-state index < -0.39 is 0 Å². The van der Waals surface area contributed by atoms with Crippen LogP contribution in [0.2, 0.25) is 0 Å². The van der Waals surface area contributed by atoms with Crippen LogP contribution in [0.15, 0.2) is 23.7 Å². The van der Waals surface area contributed by atoms with Crippen molar-refractivity contribution in [3.8, 4) is 0 Å². The summed E-state index contributed by atoms with van der Waals surface area (Å²) in [5, 5.41) is 6.48. The van der Waals surface area contributed by atoms with Crippen LogP contribution in [0.4, 0.5) is 0 Å². The minimum atomic E-state index is 0.236. The summed E-state index contributed by atoms with van der Waals surface area (Å²) in [6.45, 7) is 0.960. The summed E-state index contributed by atoms with van der Waals surface area (Å²) in [5.74, 6) is 0. The van der Waals surface area contributed by atoms with Gasteiger partial charge in [0.1, 0.15) is 5.70 Å². The molecule has 70 valence electrons. The van der Waals surface area contributed by atoms with Gasteiger partial charge in [-0.15, -0.1) is 0 Å². The molecule has 0 bridgehead atoms. The summed E-state index contributed by atoms with van der Waals surface area (Å²) in [7, 11) is 4.14. The van der Waals surface area contributed by atoms with E-state index in [1.807, 2.05) is 12.4 Å². The predicted octanol–water partition coefficient (Wildman–Crippen LogP) is -2.04. The Morgan fingerprint density at radius 2 is 2.31 bits per heavy atom. The van der Waals surface area contributed by atoms with Gasteiger partial charge in [0.15, 0.2) is 6.21 Å². The number of fused-ring (bicyclic) bond motifs is 1. The first-order chi connectivity index (χ1) is 6.27. The van der Waals surface area contributed by atoms with Crippen molar-refractivity contribution in [3.05, 3.63) is 23.7 Å². The molecule has 0 fully saturated rings. The average Bonchev–Trinajstić information content (AvgIpc) is 2.48. The zero-order valence-electron chi connectivity index (χ0n) is 7.96. The molecule has 4 heteroatoms. The topological polar surface area (TPSA) is 41.3 Å². The second-order valence-electron chi connectivity index (χ2n) is 3.57. The smallest absolute Gasteiger partial charge is 0.266 e. The van der Waals surface area contributed by atoms with Gasteiger partial charge in [-0.2, -0.15) is 0 Å². The molecule has 0 radical (unpaired) electrons. The van der Waals surface area contributed by atoms with Crippen molar-refractivity contribution in [2.24, 2.45) is 0 Å². The highest BCUT2D eigenvalue weighted by molar-refractivity contribution is 5.77. The number of nitrogens with one attached hydrogen (secondary N) is 3. The summed E-state index contributed by atoms with van der Waals surface area (Å²) >= 11 is 0. The molecule has 0 aromatic rings. The van der Waals surface area contributed by atoms with Gasteiger partial charge in [0.2, 0.25) is 0 Å². The van der Waals surface area contributed by atoms with Crippen LogP contribution < -0.4 is 15.6 Å². The van der Waals surface area contributed by atoms with E-state index >= 15 is 0 Å². The van der Waals surface area contributed by atoms with Crippen LogP contribution in [0.3, 0.4) is 0 Å². The van der Waals surface area contributed by atoms with Crippen molar-refractivity contribution < 1.29 is 4.99 Å². The van der Waals surface area contributed by atoms with Crippen molar-refractivity contribution in [1.29, 1.82) is 0 Å². The Bertz CT molecular complexity index is 288. The van der Waals surface area contributed by atoms with E-state index in [0.717, 1.165) is 6.54 Å². The first kappa shape index (κ1) is 8.31. The molecule has 0 aromatic heterocycles. The van der Waals surface area contributed by atoms with Crippen LogP contribution in [0.1, 0.15) is 0 Å². The lowest BCUT2D eigenvalue weighted by molar-refractivity contribution is -0.488. The number of likely N-dealkylation sites (N-methyl/N-ethyl adjacent to an activating group) is 1. The fourth-order valence-corrected chi connectivity index (χ4v) is 1.59. The molecule has 0 aromatic carbocycles. The first-order valence-corrected chi connectivity index (χ1v) is 4.42. The molecule has 2 rings (SSSR count). The van der Waals surface area contributed by atoms with Gasteiger partial charge in [-0.05, 0) is 14.1 Å². The zero-order valence-corrected chi connectivity index (χ0v) is 7.96. The third-order valence-electron chi connectivity index (χ3n) is 2.13. The lowest BCUT2D eigenvalue weighted by Crippen LogP contribution is -2.79. The number of hydrogen-bond donors (Lipinski definition) is 3. The molecule has 2 heterocycles. The monoisotopic (exact) mass is 179 g/mol. The third-order valence-corrected chi connectivity index (χ3v) is 2.13. The molecule has 0 aliphatic carbocycles. The molecule has 13 heavy (non-hydrogen) atoms. The molecular weight excluding hydrogens is 164 g/mol. The van der Waals surface area contributed by atoms with Gasteiger partial charge in [-0.25, -0.2) is 4.99 Å². The quantitative estimate of drug-likeness (QED) is 0.457. The van der Waals surface area contributed by atoms with Gasteiger partial charge in [0.05, 0.1) is 5.57 Å². The summed E-state index contributed by atoms with van der Waals surface area (Å²) in [6.07, 6.45) is 6.13. The van der Waals surface area contributed by atoms with E-state index in [1.165, 1.54) is 11.3 Å². The summed E-state index contributed by atoms with van der Waals surface area (Å²) < 4.78 is 0. The number of rotatable bonds is 2. The van der Waals surface area contributed by atoms with Crippen molar-refractivity contribution in [2.45, 2.75) is 6.17 Å². The molecule has 0 amide bonds. The summed E-state index contributed by atoms with van der Waals surface area (Å²) in [6, 6.07) is 0. The lowest BCUT2D eigenvalue weighted by atomic mass is 10.2. The standard InChI is InChI=1S/C9H14N4/c1-13(2)6-7-5-12-9-8(7)10-3-4-11-9/h3-5,9-11H,6H2,1-2H3/p+1. The maximum absolute atomic E-state index is 3.26. The number of nitrogens with zero attached hydrogens (tertiary/aromatic N) is 1. The van der Waals surface area contributed by atoms with E-state index in [2.05, 4.69) is 40.8 Å². The molecule has 0 spiro atoms. The Morgan fingerprint density at radius 1 is 1.46 bits per heavy atom. The van der Waals surface area contributed by atoms with Gasteiger partial charge in [-0.1, -0.05) is 0 Å². The maximum atomic E-state index is 3.26. The highest BCUT2D eigenvalue weighted by Crippen LogP contribution is 2.06. The van der Waals surface area contributed by atoms with E-state index in [0.29, 0.717) is 0 Å². The Morgan fingerprint density at radius 3 is 3.08 bits per heavy atom. The second kappa shape index (κ2) is 3.22. The van der Waals surface area contributed by atoms with Gasteiger partial charge in [0, 0.05) is 18.9 Å². The van der Waals surface area contributed by atoms with Crippen molar-refractivity contribution in [1.82, 2.24) is 15.5 Å². The highest BCUT2D eigenvalue weighted by atomic mass is 15.2. The van der Waals surface area contributed by atoms with Crippen molar-refractivity contribution in [2.75, 3.05) is 20.6 Å². The Labute approximate surface area is 78.0 Å². The third kappa shape index (κ3) is 1.58.